The zero-order chi connectivity index (χ0) is 14.2. The molecule has 0 bridgehead atoms. The number of aliphatic hydroxyl groups excluding tert-OH is 1. The second kappa shape index (κ2) is 5.49. The van der Waals surface area contributed by atoms with Crippen molar-refractivity contribution in [3.8, 4) is 0 Å². The van der Waals surface area contributed by atoms with Crippen molar-refractivity contribution in [3.63, 3.8) is 0 Å². The maximum atomic E-state index is 13.0. The highest BCUT2D eigenvalue weighted by molar-refractivity contribution is 6.31. The lowest BCUT2D eigenvalue weighted by molar-refractivity contribution is 0.178. The Morgan fingerprint density at radius 3 is 2.63 bits per heavy atom. The number of aromatic nitrogens is 2. The first-order valence-corrected chi connectivity index (χ1v) is 6.46. The van der Waals surface area contributed by atoms with Gasteiger partial charge in [-0.15, -0.1) is 0 Å². The first-order valence-electron chi connectivity index (χ1n) is 5.71. The Balaban J connectivity index is 2.28. The summed E-state index contributed by atoms with van der Waals surface area (Å²) < 4.78 is 14.5. The molecular formula is C13H13Cl2FN2O. The third kappa shape index (κ3) is 2.91. The maximum Gasteiger partial charge on any atom is 0.132 e. The summed E-state index contributed by atoms with van der Waals surface area (Å²) in [6.45, 7) is 1.77. The molecule has 6 heteroatoms. The number of hydrogen-bond donors (Lipinski definition) is 1. The van der Waals surface area contributed by atoms with Gasteiger partial charge < -0.3 is 5.11 Å². The van der Waals surface area contributed by atoms with Crippen LogP contribution in [-0.4, -0.2) is 14.9 Å². The van der Waals surface area contributed by atoms with Gasteiger partial charge in [-0.1, -0.05) is 29.3 Å². The van der Waals surface area contributed by atoms with Crippen LogP contribution in [0.2, 0.25) is 10.2 Å². The highest BCUT2D eigenvalue weighted by Crippen LogP contribution is 2.30. The van der Waals surface area contributed by atoms with Crippen molar-refractivity contribution in [2.45, 2.75) is 19.4 Å². The molecule has 0 aliphatic carbocycles. The van der Waals surface area contributed by atoms with E-state index in [9.17, 15) is 9.50 Å². The third-order valence-electron chi connectivity index (χ3n) is 2.96. The minimum Gasteiger partial charge on any atom is -0.388 e. The van der Waals surface area contributed by atoms with Gasteiger partial charge >= 0.3 is 0 Å². The molecule has 0 amide bonds. The predicted molar refractivity (Wildman–Crippen MR) is 73.0 cm³/mol. The van der Waals surface area contributed by atoms with Crippen LogP contribution in [0.3, 0.4) is 0 Å². The van der Waals surface area contributed by atoms with Gasteiger partial charge in [0.05, 0.1) is 11.8 Å². The van der Waals surface area contributed by atoms with Crippen LogP contribution in [-0.2, 0) is 13.5 Å². The van der Waals surface area contributed by atoms with Crippen molar-refractivity contribution in [1.82, 2.24) is 9.78 Å². The standard InChI is InChI=1S/C13H13Cl2FN2O/c1-7-12(13(15)18(2)17-7)11(19)5-8-3-4-9(16)6-10(8)14/h3-4,6,11,19H,5H2,1-2H3. The lowest BCUT2D eigenvalue weighted by Gasteiger charge is -2.12. The van der Waals surface area contributed by atoms with Crippen molar-refractivity contribution in [3.05, 3.63) is 51.0 Å². The zero-order valence-electron chi connectivity index (χ0n) is 10.5. The van der Waals surface area contributed by atoms with Gasteiger partial charge in [0, 0.05) is 24.1 Å². The number of hydrogen-bond acceptors (Lipinski definition) is 2. The number of halogens is 3. The van der Waals surface area contributed by atoms with Crippen LogP contribution in [0.4, 0.5) is 4.39 Å². The number of aliphatic hydroxyl groups is 1. The zero-order valence-corrected chi connectivity index (χ0v) is 12.0. The van der Waals surface area contributed by atoms with E-state index in [2.05, 4.69) is 5.10 Å². The van der Waals surface area contributed by atoms with Gasteiger partial charge in [-0.3, -0.25) is 4.68 Å². The SMILES string of the molecule is Cc1nn(C)c(Cl)c1C(O)Cc1ccc(F)cc1Cl. The van der Waals surface area contributed by atoms with Crippen molar-refractivity contribution < 1.29 is 9.50 Å². The summed E-state index contributed by atoms with van der Waals surface area (Å²) in [6.07, 6.45) is -0.574. The van der Waals surface area contributed by atoms with Crippen molar-refractivity contribution in [2.75, 3.05) is 0 Å². The third-order valence-corrected chi connectivity index (χ3v) is 3.76. The lowest BCUT2D eigenvalue weighted by atomic mass is 10.0. The second-order valence-corrected chi connectivity index (χ2v) is 5.13. The summed E-state index contributed by atoms with van der Waals surface area (Å²) in [7, 11) is 1.70. The molecule has 0 aliphatic rings. The van der Waals surface area contributed by atoms with Crippen LogP contribution in [0, 0.1) is 12.7 Å². The Kier molecular flexibility index (Phi) is 4.13. The number of rotatable bonds is 3. The normalized spacial score (nSPS) is 12.7. The summed E-state index contributed by atoms with van der Waals surface area (Å²) in [5.74, 6) is -0.404. The molecule has 19 heavy (non-hydrogen) atoms. The molecule has 0 saturated carbocycles. The van der Waals surface area contributed by atoms with Crippen LogP contribution in [0.15, 0.2) is 18.2 Å². The van der Waals surface area contributed by atoms with Gasteiger partial charge in [-0.25, -0.2) is 4.39 Å². The van der Waals surface area contributed by atoms with E-state index in [0.29, 0.717) is 22.0 Å². The van der Waals surface area contributed by atoms with Crippen LogP contribution in [0.5, 0.6) is 0 Å². The van der Waals surface area contributed by atoms with E-state index in [1.165, 1.54) is 16.8 Å². The summed E-state index contributed by atoms with van der Waals surface area (Å²) in [4.78, 5) is 0. The van der Waals surface area contributed by atoms with Gasteiger partial charge in [-0.05, 0) is 24.6 Å². The summed E-state index contributed by atoms with van der Waals surface area (Å²) >= 11 is 12.0. The largest absolute Gasteiger partial charge is 0.388 e. The Morgan fingerprint density at radius 2 is 2.11 bits per heavy atom. The van der Waals surface area contributed by atoms with E-state index < -0.39 is 11.9 Å². The Labute approximate surface area is 120 Å². The molecule has 1 aromatic carbocycles. The van der Waals surface area contributed by atoms with Crippen LogP contribution < -0.4 is 0 Å². The quantitative estimate of drug-likeness (QED) is 0.943. The average molecular weight is 303 g/mol. The molecule has 1 N–H and O–H groups in total. The topological polar surface area (TPSA) is 38.0 Å². The van der Waals surface area contributed by atoms with Gasteiger partial charge in [0.15, 0.2) is 0 Å². The molecule has 3 nitrogen and oxygen atoms in total. The highest BCUT2D eigenvalue weighted by Gasteiger charge is 2.20. The van der Waals surface area contributed by atoms with Gasteiger partial charge in [0.25, 0.3) is 0 Å². The van der Waals surface area contributed by atoms with E-state index >= 15 is 0 Å². The number of benzene rings is 1. The van der Waals surface area contributed by atoms with Crippen molar-refractivity contribution in [1.29, 1.82) is 0 Å². The van der Waals surface area contributed by atoms with Crippen molar-refractivity contribution >= 4 is 23.2 Å². The Morgan fingerprint density at radius 1 is 1.42 bits per heavy atom. The summed E-state index contributed by atoms with van der Waals surface area (Å²) in [5, 5.41) is 15.1. The van der Waals surface area contributed by atoms with Crippen LogP contribution in [0.25, 0.3) is 0 Å². The Hall–Kier alpha value is -1.10. The molecule has 1 atom stereocenters. The van der Waals surface area contributed by atoms with Crippen LogP contribution >= 0.6 is 23.2 Å². The maximum absolute atomic E-state index is 13.0. The molecule has 0 saturated heterocycles. The van der Waals surface area contributed by atoms with Gasteiger partial charge in [-0.2, -0.15) is 5.10 Å². The van der Waals surface area contributed by atoms with Gasteiger partial charge in [0.1, 0.15) is 11.0 Å². The summed E-state index contributed by atoms with van der Waals surface area (Å²) in [6, 6.07) is 4.09. The predicted octanol–water partition coefficient (Wildman–Crippen LogP) is 3.45. The molecule has 2 rings (SSSR count). The molecule has 0 spiro atoms. The van der Waals surface area contributed by atoms with Crippen LogP contribution in [0.1, 0.15) is 22.9 Å². The number of nitrogens with zero attached hydrogens (tertiary/aromatic N) is 2. The molecule has 0 aliphatic heterocycles. The van der Waals surface area contributed by atoms with E-state index in [4.69, 9.17) is 23.2 Å². The van der Waals surface area contributed by atoms with Crippen molar-refractivity contribution in [2.24, 2.45) is 7.05 Å². The molecule has 102 valence electrons. The molecular weight excluding hydrogens is 290 g/mol. The number of aryl methyl sites for hydroxylation is 2. The van der Waals surface area contributed by atoms with E-state index in [1.54, 1.807) is 20.0 Å². The molecule has 0 radical (unpaired) electrons. The van der Waals surface area contributed by atoms with E-state index in [-0.39, 0.29) is 11.4 Å². The van der Waals surface area contributed by atoms with E-state index in [1.807, 2.05) is 0 Å². The molecule has 1 heterocycles. The lowest BCUT2D eigenvalue weighted by Crippen LogP contribution is -2.04. The fourth-order valence-electron chi connectivity index (χ4n) is 2.02. The average Bonchev–Trinajstić information content (AvgIpc) is 2.57. The molecule has 0 fully saturated rings. The first-order chi connectivity index (χ1) is 8.90. The summed E-state index contributed by atoms with van der Waals surface area (Å²) in [5.41, 5.74) is 1.90. The Bertz CT molecular complexity index is 613. The van der Waals surface area contributed by atoms with E-state index in [0.717, 1.165) is 0 Å². The fourth-order valence-corrected chi connectivity index (χ4v) is 2.57. The molecule has 1 aromatic heterocycles. The minimum atomic E-state index is -0.829. The first kappa shape index (κ1) is 14.3. The highest BCUT2D eigenvalue weighted by atomic mass is 35.5. The molecule has 2 aromatic rings. The van der Waals surface area contributed by atoms with Gasteiger partial charge in [0.2, 0.25) is 0 Å². The smallest absolute Gasteiger partial charge is 0.132 e. The second-order valence-electron chi connectivity index (χ2n) is 4.37. The monoisotopic (exact) mass is 302 g/mol. The molecule has 1 unspecified atom stereocenters. The fraction of sp³-hybridized carbons (Fsp3) is 0.308. The minimum absolute atomic E-state index is 0.255.